The van der Waals surface area contributed by atoms with Crippen molar-refractivity contribution in [3.8, 4) is 0 Å². The van der Waals surface area contributed by atoms with Gasteiger partial charge in [-0.2, -0.15) is 0 Å². The van der Waals surface area contributed by atoms with Gasteiger partial charge in [-0.3, -0.25) is 4.79 Å². The van der Waals surface area contributed by atoms with Crippen LogP contribution in [0.3, 0.4) is 0 Å². The zero-order chi connectivity index (χ0) is 15.2. The number of rotatable bonds is 5. The van der Waals surface area contributed by atoms with Crippen molar-refractivity contribution in [2.75, 3.05) is 18.8 Å². The zero-order valence-corrected chi connectivity index (χ0v) is 14.1. The standard InChI is InChI=1S/C16H22ClNO2S/c1-12-10-18(11-13(2)20-12)16(19)4-3-9-21-15-7-5-14(17)6-8-15/h5-8,12-13H,3-4,9-11H2,1-2H3. The Morgan fingerprint density at radius 1 is 1.29 bits per heavy atom. The van der Waals surface area contributed by atoms with Crippen LogP contribution in [0.25, 0.3) is 0 Å². The van der Waals surface area contributed by atoms with Crippen LogP contribution in [0.1, 0.15) is 26.7 Å². The summed E-state index contributed by atoms with van der Waals surface area (Å²) in [5.74, 6) is 1.19. The van der Waals surface area contributed by atoms with Crippen LogP contribution in [0.15, 0.2) is 29.2 Å². The molecule has 0 bridgehead atoms. The third-order valence-electron chi connectivity index (χ3n) is 3.39. The molecule has 116 valence electrons. The van der Waals surface area contributed by atoms with Crippen molar-refractivity contribution in [3.05, 3.63) is 29.3 Å². The molecule has 1 aliphatic heterocycles. The highest BCUT2D eigenvalue weighted by molar-refractivity contribution is 7.99. The molecule has 1 aliphatic rings. The Kier molecular flexibility index (Phi) is 6.40. The lowest BCUT2D eigenvalue weighted by Gasteiger charge is -2.35. The minimum atomic E-state index is 0.140. The minimum absolute atomic E-state index is 0.140. The van der Waals surface area contributed by atoms with Crippen LogP contribution < -0.4 is 0 Å². The quantitative estimate of drug-likeness (QED) is 0.607. The summed E-state index contributed by atoms with van der Waals surface area (Å²) >= 11 is 7.62. The molecule has 0 radical (unpaired) electrons. The Labute approximate surface area is 136 Å². The lowest BCUT2D eigenvalue weighted by Crippen LogP contribution is -2.48. The van der Waals surface area contributed by atoms with E-state index in [1.54, 1.807) is 11.8 Å². The average Bonchev–Trinajstić information content (AvgIpc) is 2.44. The van der Waals surface area contributed by atoms with Crippen LogP contribution in [0, 0.1) is 0 Å². The van der Waals surface area contributed by atoms with E-state index in [4.69, 9.17) is 16.3 Å². The molecule has 21 heavy (non-hydrogen) atoms. The third kappa shape index (κ3) is 5.53. The summed E-state index contributed by atoms with van der Waals surface area (Å²) in [5, 5.41) is 0.755. The molecule has 1 saturated heterocycles. The van der Waals surface area contributed by atoms with Gasteiger partial charge in [-0.15, -0.1) is 11.8 Å². The van der Waals surface area contributed by atoms with Gasteiger partial charge in [0.05, 0.1) is 12.2 Å². The zero-order valence-electron chi connectivity index (χ0n) is 12.5. The predicted octanol–water partition coefficient (Wildman–Crippen LogP) is 3.85. The van der Waals surface area contributed by atoms with E-state index in [0.717, 1.165) is 17.2 Å². The second kappa shape index (κ2) is 8.06. The second-order valence-electron chi connectivity index (χ2n) is 5.46. The highest BCUT2D eigenvalue weighted by Gasteiger charge is 2.25. The summed E-state index contributed by atoms with van der Waals surface area (Å²) in [6.45, 7) is 5.47. The number of hydrogen-bond donors (Lipinski definition) is 0. The van der Waals surface area contributed by atoms with Crippen LogP contribution in [-0.2, 0) is 9.53 Å². The SMILES string of the molecule is CC1CN(C(=O)CCCSc2ccc(Cl)cc2)CC(C)O1. The Hall–Kier alpha value is -0.710. The van der Waals surface area contributed by atoms with Crippen molar-refractivity contribution in [1.82, 2.24) is 4.90 Å². The van der Waals surface area contributed by atoms with E-state index in [2.05, 4.69) is 0 Å². The van der Waals surface area contributed by atoms with Crippen molar-refractivity contribution in [2.24, 2.45) is 0 Å². The molecular weight excluding hydrogens is 306 g/mol. The first kappa shape index (κ1) is 16.7. The number of halogens is 1. The minimum Gasteiger partial charge on any atom is -0.372 e. The first-order valence-corrected chi connectivity index (χ1v) is 8.72. The molecule has 1 amide bonds. The molecule has 1 aromatic rings. The van der Waals surface area contributed by atoms with Gasteiger partial charge in [0.15, 0.2) is 0 Å². The molecule has 0 aliphatic carbocycles. The summed E-state index contributed by atoms with van der Waals surface area (Å²) in [4.78, 5) is 15.3. The maximum absolute atomic E-state index is 12.2. The Morgan fingerprint density at radius 3 is 2.52 bits per heavy atom. The summed E-state index contributed by atoms with van der Waals surface area (Å²) in [6.07, 6.45) is 1.79. The van der Waals surface area contributed by atoms with Crippen molar-refractivity contribution in [1.29, 1.82) is 0 Å². The maximum Gasteiger partial charge on any atom is 0.222 e. The van der Waals surface area contributed by atoms with Crippen molar-refractivity contribution < 1.29 is 9.53 Å². The van der Waals surface area contributed by atoms with E-state index >= 15 is 0 Å². The first-order valence-electron chi connectivity index (χ1n) is 7.36. The topological polar surface area (TPSA) is 29.5 Å². The van der Waals surface area contributed by atoms with Gasteiger partial charge in [0.2, 0.25) is 5.91 Å². The predicted molar refractivity (Wildman–Crippen MR) is 88.0 cm³/mol. The molecule has 5 heteroatoms. The number of thioether (sulfide) groups is 1. The van der Waals surface area contributed by atoms with Crippen LogP contribution in [0.4, 0.5) is 0 Å². The van der Waals surface area contributed by atoms with Crippen molar-refractivity contribution in [3.63, 3.8) is 0 Å². The molecule has 3 nitrogen and oxygen atoms in total. The van der Waals surface area contributed by atoms with Crippen molar-refractivity contribution >= 4 is 29.3 Å². The van der Waals surface area contributed by atoms with Crippen LogP contribution in [-0.4, -0.2) is 41.9 Å². The Balaban J connectivity index is 1.68. The molecule has 0 aromatic heterocycles. The van der Waals surface area contributed by atoms with Gasteiger partial charge in [0.25, 0.3) is 0 Å². The van der Waals surface area contributed by atoms with Gasteiger partial charge in [0, 0.05) is 29.4 Å². The molecule has 2 rings (SSSR count). The van der Waals surface area contributed by atoms with Gasteiger partial charge in [-0.25, -0.2) is 0 Å². The molecule has 0 spiro atoms. The van der Waals surface area contributed by atoms with Gasteiger partial charge in [0.1, 0.15) is 0 Å². The third-order valence-corrected chi connectivity index (χ3v) is 4.74. The summed E-state index contributed by atoms with van der Waals surface area (Å²) in [6, 6.07) is 7.82. The highest BCUT2D eigenvalue weighted by atomic mass is 35.5. The number of morpholine rings is 1. The summed E-state index contributed by atoms with van der Waals surface area (Å²) < 4.78 is 5.65. The number of hydrogen-bond acceptors (Lipinski definition) is 3. The van der Waals surface area contributed by atoms with E-state index in [0.29, 0.717) is 19.5 Å². The molecule has 2 unspecified atom stereocenters. The molecular formula is C16H22ClNO2S. The lowest BCUT2D eigenvalue weighted by atomic mass is 10.2. The Bertz CT molecular complexity index is 456. The normalized spacial score (nSPS) is 22.3. The number of amides is 1. The van der Waals surface area contributed by atoms with Crippen LogP contribution >= 0.6 is 23.4 Å². The fraction of sp³-hybridized carbons (Fsp3) is 0.562. The molecule has 1 heterocycles. The van der Waals surface area contributed by atoms with E-state index < -0.39 is 0 Å². The molecule has 0 N–H and O–H groups in total. The molecule has 1 aromatic carbocycles. The number of benzene rings is 1. The lowest BCUT2D eigenvalue weighted by molar-refractivity contribution is -0.143. The van der Waals surface area contributed by atoms with E-state index in [1.165, 1.54) is 4.90 Å². The highest BCUT2D eigenvalue weighted by Crippen LogP contribution is 2.21. The van der Waals surface area contributed by atoms with Crippen LogP contribution in [0.2, 0.25) is 5.02 Å². The molecule has 2 atom stereocenters. The van der Waals surface area contributed by atoms with Gasteiger partial charge in [-0.05, 0) is 50.3 Å². The monoisotopic (exact) mass is 327 g/mol. The van der Waals surface area contributed by atoms with Gasteiger partial charge in [-0.1, -0.05) is 11.6 Å². The second-order valence-corrected chi connectivity index (χ2v) is 7.07. The summed E-state index contributed by atoms with van der Waals surface area (Å²) in [5.41, 5.74) is 0. The fourth-order valence-corrected chi connectivity index (χ4v) is 3.46. The Morgan fingerprint density at radius 2 is 1.90 bits per heavy atom. The number of carbonyl (C=O) groups excluding carboxylic acids is 1. The van der Waals surface area contributed by atoms with Gasteiger partial charge >= 0.3 is 0 Å². The van der Waals surface area contributed by atoms with E-state index in [9.17, 15) is 4.79 Å². The number of carbonyl (C=O) groups is 1. The first-order chi connectivity index (χ1) is 10.0. The smallest absolute Gasteiger partial charge is 0.222 e. The van der Waals surface area contributed by atoms with Crippen molar-refractivity contribution in [2.45, 2.75) is 43.8 Å². The maximum atomic E-state index is 12.2. The number of nitrogens with zero attached hydrogens (tertiary/aromatic N) is 1. The van der Waals surface area contributed by atoms with Crippen LogP contribution in [0.5, 0.6) is 0 Å². The summed E-state index contributed by atoms with van der Waals surface area (Å²) in [7, 11) is 0. The molecule has 0 saturated carbocycles. The van der Waals surface area contributed by atoms with E-state index in [1.807, 2.05) is 43.0 Å². The largest absolute Gasteiger partial charge is 0.372 e. The number of ether oxygens (including phenoxy) is 1. The van der Waals surface area contributed by atoms with E-state index in [-0.39, 0.29) is 18.1 Å². The van der Waals surface area contributed by atoms with Gasteiger partial charge < -0.3 is 9.64 Å². The molecule has 1 fully saturated rings. The average molecular weight is 328 g/mol. The fourth-order valence-electron chi connectivity index (χ4n) is 2.48.